The summed E-state index contributed by atoms with van der Waals surface area (Å²) in [5, 5.41) is 3.81. The first-order chi connectivity index (χ1) is 6.71. The molecule has 0 aromatic rings. The van der Waals surface area contributed by atoms with Gasteiger partial charge in [-0.25, -0.2) is 0 Å². The van der Waals surface area contributed by atoms with Crippen LogP contribution in [0, 0.1) is 10.8 Å². The van der Waals surface area contributed by atoms with Crippen LogP contribution in [-0.2, 0) is 0 Å². The van der Waals surface area contributed by atoms with Crippen molar-refractivity contribution in [2.24, 2.45) is 10.8 Å². The topological polar surface area (TPSA) is 12.0 Å². The second-order valence-electron chi connectivity index (χ2n) is 7.21. The molecule has 1 fully saturated rings. The number of nitrogens with one attached hydrogen (secondary N) is 1. The van der Waals surface area contributed by atoms with Gasteiger partial charge in [0.05, 0.1) is 0 Å². The highest BCUT2D eigenvalue weighted by molar-refractivity contribution is 4.87. The fraction of sp³-hybridized carbons (Fsp3) is 1.00. The minimum Gasteiger partial charge on any atom is -0.311 e. The van der Waals surface area contributed by atoms with E-state index in [9.17, 15) is 0 Å². The van der Waals surface area contributed by atoms with E-state index in [1.165, 1.54) is 25.7 Å². The van der Waals surface area contributed by atoms with Gasteiger partial charge >= 0.3 is 0 Å². The fourth-order valence-electron chi connectivity index (χ4n) is 2.44. The van der Waals surface area contributed by atoms with Gasteiger partial charge in [-0.1, -0.05) is 41.0 Å². The van der Waals surface area contributed by atoms with Crippen LogP contribution >= 0.6 is 0 Å². The maximum Gasteiger partial charge on any atom is 0.00898 e. The van der Waals surface area contributed by atoms with Crippen molar-refractivity contribution < 1.29 is 0 Å². The number of rotatable bonds is 2. The lowest BCUT2D eigenvalue weighted by Crippen LogP contribution is -2.46. The smallest absolute Gasteiger partial charge is 0.00898 e. The second-order valence-corrected chi connectivity index (χ2v) is 7.21. The van der Waals surface area contributed by atoms with Crippen LogP contribution in [0.4, 0.5) is 0 Å². The van der Waals surface area contributed by atoms with Gasteiger partial charge in [0.2, 0.25) is 0 Å². The molecule has 1 N–H and O–H groups in total. The summed E-state index contributed by atoms with van der Waals surface area (Å²) < 4.78 is 0. The maximum atomic E-state index is 3.81. The Hall–Kier alpha value is -0.0400. The molecule has 0 saturated heterocycles. The van der Waals surface area contributed by atoms with Gasteiger partial charge in [-0.2, -0.15) is 0 Å². The average Bonchev–Trinajstić information content (AvgIpc) is 2.00. The first-order valence-electron chi connectivity index (χ1n) is 6.47. The van der Waals surface area contributed by atoms with Crippen LogP contribution in [0.15, 0.2) is 0 Å². The Morgan fingerprint density at radius 3 is 2.33 bits per heavy atom. The molecule has 2 unspecified atom stereocenters. The SMILES string of the molecule is CC(NC1CCCC(C)(C)C1)C(C)(C)C. The molecule has 0 spiro atoms. The summed E-state index contributed by atoms with van der Waals surface area (Å²) >= 11 is 0. The van der Waals surface area contributed by atoms with Crippen LogP contribution < -0.4 is 5.32 Å². The summed E-state index contributed by atoms with van der Waals surface area (Å²) in [6.07, 6.45) is 5.49. The largest absolute Gasteiger partial charge is 0.311 e. The third-order valence-electron chi connectivity index (χ3n) is 3.99. The van der Waals surface area contributed by atoms with Crippen molar-refractivity contribution >= 4 is 0 Å². The predicted octanol–water partition coefficient (Wildman–Crippen LogP) is 3.98. The molecule has 0 aromatic carbocycles. The normalized spacial score (nSPS) is 28.8. The zero-order valence-corrected chi connectivity index (χ0v) is 11.5. The van der Waals surface area contributed by atoms with Gasteiger partial charge in [0.25, 0.3) is 0 Å². The molecule has 1 nitrogen and oxygen atoms in total. The van der Waals surface area contributed by atoms with Gasteiger partial charge in [0.15, 0.2) is 0 Å². The third-order valence-corrected chi connectivity index (χ3v) is 3.99. The van der Waals surface area contributed by atoms with Crippen molar-refractivity contribution in [1.82, 2.24) is 5.32 Å². The van der Waals surface area contributed by atoms with Crippen LogP contribution in [0.5, 0.6) is 0 Å². The average molecular weight is 211 g/mol. The van der Waals surface area contributed by atoms with Gasteiger partial charge < -0.3 is 5.32 Å². The Morgan fingerprint density at radius 1 is 1.27 bits per heavy atom. The standard InChI is InChI=1S/C14H29N/c1-11(13(2,3)4)15-12-8-7-9-14(5,6)10-12/h11-12,15H,7-10H2,1-6H3. The minimum atomic E-state index is 0.377. The van der Waals surface area contributed by atoms with E-state index in [2.05, 4.69) is 46.9 Å². The van der Waals surface area contributed by atoms with E-state index < -0.39 is 0 Å². The lowest BCUT2D eigenvalue weighted by atomic mass is 9.74. The van der Waals surface area contributed by atoms with E-state index in [1.54, 1.807) is 0 Å². The molecule has 1 saturated carbocycles. The molecule has 0 radical (unpaired) electrons. The van der Waals surface area contributed by atoms with Crippen LogP contribution in [-0.4, -0.2) is 12.1 Å². The van der Waals surface area contributed by atoms with Crippen LogP contribution in [0.25, 0.3) is 0 Å². The quantitative estimate of drug-likeness (QED) is 0.728. The number of hydrogen-bond donors (Lipinski definition) is 1. The first-order valence-corrected chi connectivity index (χ1v) is 6.47. The Morgan fingerprint density at radius 2 is 1.87 bits per heavy atom. The van der Waals surface area contributed by atoms with E-state index in [-0.39, 0.29) is 0 Å². The first kappa shape index (κ1) is 13.0. The molecule has 0 amide bonds. The van der Waals surface area contributed by atoms with Gasteiger partial charge in [0.1, 0.15) is 0 Å². The van der Waals surface area contributed by atoms with Crippen molar-refractivity contribution in [2.75, 3.05) is 0 Å². The predicted molar refractivity (Wildman–Crippen MR) is 68.1 cm³/mol. The molecule has 0 aromatic heterocycles. The molecular weight excluding hydrogens is 182 g/mol. The summed E-state index contributed by atoms with van der Waals surface area (Å²) in [6, 6.07) is 1.35. The monoisotopic (exact) mass is 211 g/mol. The van der Waals surface area contributed by atoms with E-state index in [4.69, 9.17) is 0 Å². The molecule has 1 rings (SSSR count). The lowest BCUT2D eigenvalue weighted by molar-refractivity contribution is 0.165. The highest BCUT2D eigenvalue weighted by atomic mass is 15.0. The maximum absolute atomic E-state index is 3.81. The Balaban J connectivity index is 2.45. The van der Waals surface area contributed by atoms with Gasteiger partial charge in [-0.15, -0.1) is 0 Å². The Labute approximate surface area is 96.0 Å². The molecule has 1 aliphatic carbocycles. The van der Waals surface area contributed by atoms with Gasteiger partial charge in [0, 0.05) is 12.1 Å². The molecule has 15 heavy (non-hydrogen) atoms. The van der Waals surface area contributed by atoms with Gasteiger partial charge in [-0.05, 0) is 37.0 Å². The lowest BCUT2D eigenvalue weighted by Gasteiger charge is -2.39. The molecule has 1 aliphatic rings. The van der Waals surface area contributed by atoms with Gasteiger partial charge in [-0.3, -0.25) is 0 Å². The fourth-order valence-corrected chi connectivity index (χ4v) is 2.44. The van der Waals surface area contributed by atoms with Crippen LogP contribution in [0.3, 0.4) is 0 Å². The zero-order chi connectivity index (χ0) is 11.7. The van der Waals surface area contributed by atoms with Crippen molar-refractivity contribution in [2.45, 2.75) is 79.3 Å². The second kappa shape index (κ2) is 4.45. The minimum absolute atomic E-state index is 0.377. The summed E-state index contributed by atoms with van der Waals surface area (Å²) in [5.74, 6) is 0. The molecule has 0 aliphatic heterocycles. The van der Waals surface area contributed by atoms with Crippen molar-refractivity contribution in [3.05, 3.63) is 0 Å². The Kier molecular flexibility index (Phi) is 3.86. The molecule has 0 heterocycles. The summed E-state index contributed by atoms with van der Waals surface area (Å²) in [5.41, 5.74) is 0.926. The van der Waals surface area contributed by atoms with E-state index in [0.717, 1.165) is 6.04 Å². The molecular formula is C14H29N. The van der Waals surface area contributed by atoms with E-state index in [0.29, 0.717) is 16.9 Å². The van der Waals surface area contributed by atoms with Crippen LogP contribution in [0.1, 0.15) is 67.2 Å². The molecule has 1 heteroatoms. The van der Waals surface area contributed by atoms with Crippen molar-refractivity contribution in [1.29, 1.82) is 0 Å². The third kappa shape index (κ3) is 4.14. The van der Waals surface area contributed by atoms with Crippen LogP contribution in [0.2, 0.25) is 0 Å². The van der Waals surface area contributed by atoms with E-state index >= 15 is 0 Å². The summed E-state index contributed by atoms with van der Waals surface area (Å²) in [6.45, 7) is 14.1. The molecule has 90 valence electrons. The summed E-state index contributed by atoms with van der Waals surface area (Å²) in [4.78, 5) is 0. The molecule has 2 atom stereocenters. The highest BCUT2D eigenvalue weighted by Gasteiger charge is 2.30. The Bertz CT molecular complexity index is 200. The van der Waals surface area contributed by atoms with Crippen molar-refractivity contribution in [3.63, 3.8) is 0 Å². The van der Waals surface area contributed by atoms with Crippen molar-refractivity contribution in [3.8, 4) is 0 Å². The number of hydrogen-bond acceptors (Lipinski definition) is 1. The van der Waals surface area contributed by atoms with E-state index in [1.807, 2.05) is 0 Å². The summed E-state index contributed by atoms with van der Waals surface area (Å²) in [7, 11) is 0. The molecule has 0 bridgehead atoms. The zero-order valence-electron chi connectivity index (χ0n) is 11.5. The highest BCUT2D eigenvalue weighted by Crippen LogP contribution is 2.35.